The van der Waals surface area contributed by atoms with Crippen LogP contribution >= 0.6 is 11.8 Å². The number of halogens is 1. The van der Waals surface area contributed by atoms with E-state index in [-0.39, 0.29) is 17.9 Å². The number of carbonyl (C=O) groups is 3. The standard InChI is InChI=1S/C20H24FN3O3S/c1-19(2,3)24-16(25)14-13(7-8-28-4)23-20(15(14)17(24)26)11-9-10(21)5-6-12(11)22-18(20)27/h5-6,9,13-15,23H,7-8H2,1-4H3,(H,22,27)/t13-,14-,15-,20-/m1/s1. The van der Waals surface area contributed by atoms with E-state index in [2.05, 4.69) is 10.6 Å². The van der Waals surface area contributed by atoms with Crippen LogP contribution in [0.5, 0.6) is 0 Å². The van der Waals surface area contributed by atoms with Crippen molar-refractivity contribution in [2.45, 2.75) is 44.3 Å². The van der Waals surface area contributed by atoms with Crippen molar-refractivity contribution in [2.24, 2.45) is 11.8 Å². The van der Waals surface area contributed by atoms with Gasteiger partial charge >= 0.3 is 0 Å². The number of anilines is 1. The highest BCUT2D eigenvalue weighted by molar-refractivity contribution is 7.98. The minimum Gasteiger partial charge on any atom is -0.324 e. The van der Waals surface area contributed by atoms with E-state index in [0.29, 0.717) is 17.7 Å². The van der Waals surface area contributed by atoms with Crippen LogP contribution in [0.1, 0.15) is 32.8 Å². The molecule has 4 atom stereocenters. The molecule has 3 aliphatic heterocycles. The van der Waals surface area contributed by atoms with Crippen LogP contribution in [0.3, 0.4) is 0 Å². The molecule has 8 heteroatoms. The van der Waals surface area contributed by atoms with Crippen LogP contribution in [0.15, 0.2) is 18.2 Å². The van der Waals surface area contributed by atoms with Gasteiger partial charge in [0.15, 0.2) is 0 Å². The maximum Gasteiger partial charge on any atom is 0.250 e. The van der Waals surface area contributed by atoms with Gasteiger partial charge in [0, 0.05) is 22.8 Å². The Morgan fingerprint density at radius 3 is 2.57 bits per heavy atom. The molecule has 3 heterocycles. The summed E-state index contributed by atoms with van der Waals surface area (Å²) in [6.45, 7) is 5.43. The van der Waals surface area contributed by atoms with Crippen LogP contribution in [0.4, 0.5) is 10.1 Å². The molecule has 1 aromatic rings. The Hall–Kier alpha value is -1.93. The molecular weight excluding hydrogens is 381 g/mol. The fourth-order valence-electron chi connectivity index (χ4n) is 4.93. The van der Waals surface area contributed by atoms with Gasteiger partial charge in [0.1, 0.15) is 11.4 Å². The number of hydrogen-bond acceptors (Lipinski definition) is 5. The van der Waals surface area contributed by atoms with E-state index in [1.165, 1.54) is 23.1 Å². The van der Waals surface area contributed by atoms with Crippen LogP contribution in [0, 0.1) is 17.7 Å². The van der Waals surface area contributed by atoms with E-state index in [1.54, 1.807) is 11.8 Å². The summed E-state index contributed by atoms with van der Waals surface area (Å²) in [6, 6.07) is 3.75. The van der Waals surface area contributed by atoms with Crippen molar-refractivity contribution in [1.82, 2.24) is 10.2 Å². The molecular formula is C20H24FN3O3S. The quantitative estimate of drug-likeness (QED) is 0.753. The zero-order valence-corrected chi connectivity index (χ0v) is 17.2. The summed E-state index contributed by atoms with van der Waals surface area (Å²) in [7, 11) is 0. The first-order valence-electron chi connectivity index (χ1n) is 9.39. The summed E-state index contributed by atoms with van der Waals surface area (Å²) in [4.78, 5) is 41.2. The van der Waals surface area contributed by atoms with E-state index in [1.807, 2.05) is 27.0 Å². The van der Waals surface area contributed by atoms with Crippen molar-refractivity contribution in [3.8, 4) is 0 Å². The number of likely N-dealkylation sites (tertiary alicyclic amines) is 1. The van der Waals surface area contributed by atoms with Gasteiger partial charge in [-0.1, -0.05) is 0 Å². The molecule has 0 saturated carbocycles. The Bertz CT molecular complexity index is 884. The Labute approximate surface area is 167 Å². The second-order valence-electron chi connectivity index (χ2n) is 8.67. The summed E-state index contributed by atoms with van der Waals surface area (Å²) >= 11 is 1.64. The maximum atomic E-state index is 14.1. The molecule has 3 aliphatic rings. The molecule has 2 N–H and O–H groups in total. The van der Waals surface area contributed by atoms with E-state index in [0.717, 1.165) is 5.75 Å². The molecule has 1 spiro atoms. The van der Waals surface area contributed by atoms with Crippen molar-refractivity contribution < 1.29 is 18.8 Å². The summed E-state index contributed by atoms with van der Waals surface area (Å²) in [6.07, 6.45) is 2.61. The lowest BCUT2D eigenvalue weighted by molar-refractivity contribution is -0.147. The van der Waals surface area contributed by atoms with Crippen molar-refractivity contribution >= 4 is 35.2 Å². The molecule has 2 fully saturated rings. The lowest BCUT2D eigenvalue weighted by atomic mass is 9.76. The van der Waals surface area contributed by atoms with E-state index in [4.69, 9.17) is 0 Å². The SMILES string of the molecule is CSCC[C@H]1N[C@@]2(C(=O)Nc3ccc(F)cc32)[C@H]2C(=O)N(C(C)(C)C)C(=O)[C@H]12. The van der Waals surface area contributed by atoms with Crippen molar-refractivity contribution in [3.05, 3.63) is 29.6 Å². The smallest absolute Gasteiger partial charge is 0.250 e. The van der Waals surface area contributed by atoms with Gasteiger partial charge in [0.05, 0.1) is 11.8 Å². The highest BCUT2D eigenvalue weighted by atomic mass is 32.2. The zero-order valence-electron chi connectivity index (χ0n) is 16.3. The molecule has 28 heavy (non-hydrogen) atoms. The van der Waals surface area contributed by atoms with Crippen LogP contribution in [0.25, 0.3) is 0 Å². The van der Waals surface area contributed by atoms with Crippen LogP contribution in [-0.2, 0) is 19.9 Å². The molecule has 0 aliphatic carbocycles. The fourth-order valence-corrected chi connectivity index (χ4v) is 5.42. The highest BCUT2D eigenvalue weighted by Crippen LogP contribution is 2.54. The first-order valence-corrected chi connectivity index (χ1v) is 10.8. The minimum absolute atomic E-state index is 0.254. The van der Waals surface area contributed by atoms with Gasteiger partial charge in [0.2, 0.25) is 17.7 Å². The lowest BCUT2D eigenvalue weighted by Crippen LogP contribution is -2.55. The van der Waals surface area contributed by atoms with E-state index >= 15 is 0 Å². The third-order valence-electron chi connectivity index (χ3n) is 5.98. The molecule has 3 amide bonds. The van der Waals surface area contributed by atoms with Gasteiger partial charge in [-0.2, -0.15) is 11.8 Å². The second-order valence-corrected chi connectivity index (χ2v) is 9.66. The third-order valence-corrected chi connectivity index (χ3v) is 6.62. The minimum atomic E-state index is -1.42. The normalized spacial score (nSPS) is 31.5. The zero-order chi connectivity index (χ0) is 20.4. The largest absolute Gasteiger partial charge is 0.324 e. The number of hydrogen-bond donors (Lipinski definition) is 2. The van der Waals surface area contributed by atoms with Gasteiger partial charge in [0.25, 0.3) is 0 Å². The lowest BCUT2D eigenvalue weighted by Gasteiger charge is -2.34. The second kappa shape index (κ2) is 6.29. The highest BCUT2D eigenvalue weighted by Gasteiger charge is 2.71. The van der Waals surface area contributed by atoms with Gasteiger partial charge in [-0.3, -0.25) is 24.6 Å². The number of amides is 3. The number of rotatable bonds is 3. The Morgan fingerprint density at radius 2 is 1.93 bits per heavy atom. The number of benzene rings is 1. The predicted octanol–water partition coefficient (Wildman–Crippen LogP) is 2.10. The number of nitrogens with zero attached hydrogens (tertiary/aromatic N) is 1. The van der Waals surface area contributed by atoms with Gasteiger partial charge in [-0.15, -0.1) is 0 Å². The summed E-state index contributed by atoms with van der Waals surface area (Å²) in [5, 5.41) is 6.09. The van der Waals surface area contributed by atoms with Crippen LogP contribution in [0.2, 0.25) is 0 Å². The van der Waals surface area contributed by atoms with Crippen LogP contribution < -0.4 is 10.6 Å². The number of carbonyl (C=O) groups excluding carboxylic acids is 3. The molecule has 1 aromatic carbocycles. The number of imide groups is 1. The third kappa shape index (κ3) is 2.47. The molecule has 2 saturated heterocycles. The predicted molar refractivity (Wildman–Crippen MR) is 105 cm³/mol. The monoisotopic (exact) mass is 405 g/mol. The van der Waals surface area contributed by atoms with Crippen molar-refractivity contribution in [2.75, 3.05) is 17.3 Å². The molecule has 150 valence electrons. The average Bonchev–Trinajstić information content (AvgIpc) is 3.18. The molecule has 0 aromatic heterocycles. The molecule has 6 nitrogen and oxygen atoms in total. The summed E-state index contributed by atoms with van der Waals surface area (Å²) < 4.78 is 14.1. The van der Waals surface area contributed by atoms with E-state index in [9.17, 15) is 18.8 Å². The average molecular weight is 405 g/mol. The van der Waals surface area contributed by atoms with Crippen molar-refractivity contribution in [3.63, 3.8) is 0 Å². The maximum absolute atomic E-state index is 14.1. The van der Waals surface area contributed by atoms with Gasteiger partial charge in [-0.05, 0) is 57.4 Å². The summed E-state index contributed by atoms with van der Waals surface area (Å²) in [5.41, 5.74) is -1.21. The fraction of sp³-hybridized carbons (Fsp3) is 0.550. The Balaban J connectivity index is 1.89. The Kier molecular flexibility index (Phi) is 4.35. The number of fused-ring (bicyclic) bond motifs is 4. The topological polar surface area (TPSA) is 78.5 Å². The molecule has 4 rings (SSSR count). The first-order chi connectivity index (χ1) is 13.1. The van der Waals surface area contributed by atoms with Gasteiger partial charge < -0.3 is 5.32 Å². The van der Waals surface area contributed by atoms with E-state index < -0.39 is 34.6 Å². The number of nitrogens with one attached hydrogen (secondary N) is 2. The molecule has 0 bridgehead atoms. The first kappa shape index (κ1) is 19.4. The van der Waals surface area contributed by atoms with Crippen molar-refractivity contribution in [1.29, 1.82) is 0 Å². The molecule has 0 radical (unpaired) electrons. The molecule has 0 unspecified atom stereocenters. The number of thioether (sulfide) groups is 1. The van der Waals surface area contributed by atoms with Gasteiger partial charge in [-0.25, -0.2) is 4.39 Å². The van der Waals surface area contributed by atoms with Crippen LogP contribution in [-0.4, -0.2) is 46.2 Å². The summed E-state index contributed by atoms with van der Waals surface area (Å²) in [5.74, 6) is -2.24. The Morgan fingerprint density at radius 1 is 1.21 bits per heavy atom.